The van der Waals surface area contributed by atoms with Crippen molar-refractivity contribution in [2.24, 2.45) is 0 Å². The minimum Gasteiger partial charge on any atom is -0.455 e. The third-order valence-electron chi connectivity index (χ3n) is 3.52. The van der Waals surface area contributed by atoms with Crippen molar-refractivity contribution in [1.82, 2.24) is 5.32 Å². The third kappa shape index (κ3) is 6.71. The van der Waals surface area contributed by atoms with E-state index in [-0.39, 0.29) is 23.0 Å². The lowest BCUT2D eigenvalue weighted by atomic mass is 10.0. The number of hydrogen-bond donors (Lipinski definition) is 2. The van der Waals surface area contributed by atoms with Crippen LogP contribution in [0.2, 0.25) is 5.02 Å². The average molecular weight is 393 g/mol. The Bertz CT molecular complexity index is 830. The van der Waals surface area contributed by atoms with Crippen LogP contribution < -0.4 is 10.6 Å². The van der Waals surface area contributed by atoms with Crippen LogP contribution in [0, 0.1) is 5.82 Å². The maximum absolute atomic E-state index is 13.0. The van der Waals surface area contributed by atoms with Gasteiger partial charge in [0.1, 0.15) is 5.82 Å². The summed E-state index contributed by atoms with van der Waals surface area (Å²) in [6.07, 6.45) is -0.131. The van der Waals surface area contributed by atoms with Gasteiger partial charge in [-0.1, -0.05) is 41.9 Å². The molecule has 6 nitrogen and oxygen atoms in total. The highest BCUT2D eigenvalue weighted by molar-refractivity contribution is 6.33. The van der Waals surface area contributed by atoms with Crippen LogP contribution in [0.25, 0.3) is 0 Å². The van der Waals surface area contributed by atoms with Gasteiger partial charge in [0.15, 0.2) is 6.61 Å². The molecule has 0 fully saturated rings. The fourth-order valence-electron chi connectivity index (χ4n) is 2.33. The SMILES string of the molecule is CC(=O)N[C@H](CC(=O)OCC(=O)Nc1ccc(F)cc1Cl)c1ccccc1. The number of rotatable bonds is 7. The normalized spacial score (nSPS) is 11.4. The van der Waals surface area contributed by atoms with Crippen molar-refractivity contribution < 1.29 is 23.5 Å². The quantitative estimate of drug-likeness (QED) is 0.708. The highest BCUT2D eigenvalue weighted by Crippen LogP contribution is 2.22. The summed E-state index contributed by atoms with van der Waals surface area (Å²) in [5.41, 5.74) is 0.951. The van der Waals surface area contributed by atoms with E-state index < -0.39 is 30.3 Å². The molecule has 1 atom stereocenters. The van der Waals surface area contributed by atoms with Gasteiger partial charge in [0.25, 0.3) is 5.91 Å². The average Bonchev–Trinajstić information content (AvgIpc) is 2.62. The van der Waals surface area contributed by atoms with Gasteiger partial charge in [-0.05, 0) is 23.8 Å². The minimum atomic E-state index is -0.655. The smallest absolute Gasteiger partial charge is 0.308 e. The molecule has 2 N–H and O–H groups in total. The number of esters is 1. The van der Waals surface area contributed by atoms with Gasteiger partial charge in [-0.25, -0.2) is 4.39 Å². The molecule has 142 valence electrons. The molecular formula is C19H18ClFN2O4. The van der Waals surface area contributed by atoms with Gasteiger partial charge in [0.2, 0.25) is 5.91 Å². The monoisotopic (exact) mass is 392 g/mol. The summed E-state index contributed by atoms with van der Waals surface area (Å²) in [5.74, 6) is -2.10. The Balaban J connectivity index is 1.89. The van der Waals surface area contributed by atoms with E-state index in [1.807, 2.05) is 6.07 Å². The summed E-state index contributed by atoms with van der Waals surface area (Å²) in [6.45, 7) is 0.815. The molecule has 0 aliphatic carbocycles. The molecule has 0 aliphatic rings. The van der Waals surface area contributed by atoms with Gasteiger partial charge in [-0.3, -0.25) is 14.4 Å². The molecule has 8 heteroatoms. The number of anilines is 1. The van der Waals surface area contributed by atoms with Crippen molar-refractivity contribution >= 4 is 35.1 Å². The fraction of sp³-hybridized carbons (Fsp3) is 0.211. The van der Waals surface area contributed by atoms with Crippen molar-refractivity contribution in [3.63, 3.8) is 0 Å². The van der Waals surface area contributed by atoms with E-state index >= 15 is 0 Å². The first-order valence-electron chi connectivity index (χ1n) is 8.07. The van der Waals surface area contributed by atoms with Crippen LogP contribution in [0.4, 0.5) is 10.1 Å². The van der Waals surface area contributed by atoms with Gasteiger partial charge >= 0.3 is 5.97 Å². The van der Waals surface area contributed by atoms with Crippen LogP contribution in [0.1, 0.15) is 24.9 Å². The highest BCUT2D eigenvalue weighted by atomic mass is 35.5. The Hall–Kier alpha value is -2.93. The number of nitrogens with one attached hydrogen (secondary N) is 2. The van der Waals surface area contributed by atoms with Gasteiger partial charge in [-0.2, -0.15) is 0 Å². The minimum absolute atomic E-state index is 0.0319. The van der Waals surface area contributed by atoms with Gasteiger partial charge in [0.05, 0.1) is 23.2 Å². The predicted molar refractivity (Wildman–Crippen MR) is 98.6 cm³/mol. The zero-order valence-corrected chi connectivity index (χ0v) is 15.3. The standard InChI is InChI=1S/C19H18ClFN2O4/c1-12(24)22-17(13-5-3-2-4-6-13)10-19(26)27-11-18(25)23-16-8-7-14(21)9-15(16)20/h2-9,17H,10-11H2,1H3,(H,22,24)(H,23,25)/t17-/m1/s1. The van der Waals surface area contributed by atoms with Gasteiger partial charge in [-0.15, -0.1) is 0 Å². The number of ether oxygens (including phenoxy) is 1. The molecule has 0 heterocycles. The number of hydrogen-bond acceptors (Lipinski definition) is 4. The van der Waals surface area contributed by atoms with Crippen molar-refractivity contribution in [3.8, 4) is 0 Å². The van der Waals surface area contributed by atoms with Gasteiger partial charge in [0, 0.05) is 6.92 Å². The Morgan fingerprint density at radius 2 is 1.85 bits per heavy atom. The summed E-state index contributed by atoms with van der Waals surface area (Å²) in [6, 6.07) is 11.9. The molecule has 2 aromatic rings. The molecule has 0 bridgehead atoms. The molecule has 0 aromatic heterocycles. The van der Waals surface area contributed by atoms with E-state index in [4.69, 9.17) is 16.3 Å². The second kappa shape index (κ2) is 9.68. The topological polar surface area (TPSA) is 84.5 Å². The molecule has 0 unspecified atom stereocenters. The lowest BCUT2D eigenvalue weighted by Crippen LogP contribution is -2.29. The molecule has 0 spiro atoms. The van der Waals surface area contributed by atoms with Crippen molar-refractivity contribution in [3.05, 3.63) is 64.9 Å². The number of benzene rings is 2. The zero-order chi connectivity index (χ0) is 19.8. The fourth-order valence-corrected chi connectivity index (χ4v) is 2.55. The Morgan fingerprint density at radius 3 is 2.48 bits per heavy atom. The lowest BCUT2D eigenvalue weighted by Gasteiger charge is -2.17. The predicted octanol–water partition coefficient (Wildman–Crippen LogP) is 3.23. The Kier molecular flexibility index (Phi) is 7.31. The first-order chi connectivity index (χ1) is 12.8. The molecule has 0 saturated heterocycles. The molecule has 2 rings (SSSR count). The first kappa shape index (κ1) is 20.4. The van der Waals surface area contributed by atoms with Crippen LogP contribution in [-0.2, 0) is 19.1 Å². The van der Waals surface area contributed by atoms with E-state index in [1.165, 1.54) is 13.0 Å². The van der Waals surface area contributed by atoms with E-state index in [0.29, 0.717) is 0 Å². The molecule has 0 saturated carbocycles. The molecular weight excluding hydrogens is 375 g/mol. The van der Waals surface area contributed by atoms with E-state index in [1.54, 1.807) is 24.3 Å². The van der Waals surface area contributed by atoms with Crippen LogP contribution in [0.5, 0.6) is 0 Å². The summed E-state index contributed by atoms with van der Waals surface area (Å²) in [7, 11) is 0. The Labute approximate surface area is 160 Å². The summed E-state index contributed by atoms with van der Waals surface area (Å²) < 4.78 is 17.9. The summed E-state index contributed by atoms with van der Waals surface area (Å²) in [4.78, 5) is 35.3. The summed E-state index contributed by atoms with van der Waals surface area (Å²) in [5, 5.41) is 5.13. The second-order valence-electron chi connectivity index (χ2n) is 5.70. The molecule has 27 heavy (non-hydrogen) atoms. The van der Waals surface area contributed by atoms with Gasteiger partial charge < -0.3 is 15.4 Å². The lowest BCUT2D eigenvalue weighted by molar-refractivity contribution is -0.148. The van der Waals surface area contributed by atoms with Crippen LogP contribution in [-0.4, -0.2) is 24.4 Å². The number of amides is 2. The molecule has 0 aliphatic heterocycles. The molecule has 2 amide bonds. The van der Waals surface area contributed by atoms with Crippen molar-refractivity contribution in [1.29, 1.82) is 0 Å². The van der Waals surface area contributed by atoms with Crippen LogP contribution in [0.15, 0.2) is 48.5 Å². The number of halogens is 2. The van der Waals surface area contributed by atoms with E-state index in [2.05, 4.69) is 10.6 Å². The second-order valence-corrected chi connectivity index (χ2v) is 6.11. The number of carbonyl (C=O) groups excluding carboxylic acids is 3. The first-order valence-corrected chi connectivity index (χ1v) is 8.45. The largest absolute Gasteiger partial charge is 0.455 e. The maximum atomic E-state index is 13.0. The number of carbonyl (C=O) groups is 3. The highest BCUT2D eigenvalue weighted by Gasteiger charge is 2.19. The van der Waals surface area contributed by atoms with Crippen molar-refractivity contribution in [2.45, 2.75) is 19.4 Å². The van der Waals surface area contributed by atoms with Crippen molar-refractivity contribution in [2.75, 3.05) is 11.9 Å². The van der Waals surface area contributed by atoms with Crippen LogP contribution in [0.3, 0.4) is 0 Å². The molecule has 0 radical (unpaired) electrons. The summed E-state index contributed by atoms with van der Waals surface area (Å²) >= 11 is 5.82. The molecule has 2 aromatic carbocycles. The van der Waals surface area contributed by atoms with E-state index in [0.717, 1.165) is 17.7 Å². The zero-order valence-electron chi connectivity index (χ0n) is 14.5. The van der Waals surface area contributed by atoms with E-state index in [9.17, 15) is 18.8 Å². The van der Waals surface area contributed by atoms with Crippen LogP contribution >= 0.6 is 11.6 Å². The third-order valence-corrected chi connectivity index (χ3v) is 3.83. The maximum Gasteiger partial charge on any atom is 0.308 e. The Morgan fingerprint density at radius 1 is 1.15 bits per heavy atom.